The predicted molar refractivity (Wildman–Crippen MR) is 158 cm³/mol. The molecular weight excluding hydrogens is 512 g/mol. The van der Waals surface area contributed by atoms with Crippen LogP contribution in [-0.4, -0.2) is 77.2 Å². The summed E-state index contributed by atoms with van der Waals surface area (Å²) in [4.78, 5) is 53.7. The van der Waals surface area contributed by atoms with Crippen LogP contribution in [0.15, 0.2) is 0 Å². The first-order valence-electron chi connectivity index (χ1n) is 14.8. The van der Waals surface area contributed by atoms with Crippen molar-refractivity contribution < 1.29 is 29.0 Å². The molecule has 0 aliphatic heterocycles. The predicted octanol–water partition coefficient (Wildman–Crippen LogP) is 3.85. The first-order chi connectivity index (χ1) is 18.3. The fraction of sp³-hybridized carbons (Fsp3) is 0.867. The van der Waals surface area contributed by atoms with Crippen LogP contribution in [0.2, 0.25) is 0 Å². The van der Waals surface area contributed by atoms with Crippen LogP contribution in [0, 0.1) is 23.7 Å². The van der Waals surface area contributed by atoms with Crippen molar-refractivity contribution in [1.82, 2.24) is 20.9 Å². The number of alkyl carbamates (subject to hydrolysis) is 1. The third-order valence-corrected chi connectivity index (χ3v) is 6.93. The molecule has 40 heavy (non-hydrogen) atoms. The molecule has 234 valence electrons. The van der Waals surface area contributed by atoms with Crippen LogP contribution in [0.25, 0.3) is 0 Å². The second-order valence-electron chi connectivity index (χ2n) is 13.1. The molecule has 0 fully saturated rings. The number of nitrogens with zero attached hydrogens (tertiary/aromatic N) is 1. The van der Waals surface area contributed by atoms with Crippen molar-refractivity contribution in [2.75, 3.05) is 13.6 Å². The van der Waals surface area contributed by atoms with Gasteiger partial charge in [-0.25, -0.2) is 4.79 Å². The lowest BCUT2D eigenvalue weighted by molar-refractivity contribution is -0.135. The number of carbonyl (C=O) groups is 4. The number of nitrogens with one attached hydrogen (secondary N) is 3. The summed E-state index contributed by atoms with van der Waals surface area (Å²) in [5.74, 6) is -1.10. The molecule has 0 aliphatic carbocycles. The summed E-state index contributed by atoms with van der Waals surface area (Å²) in [5, 5.41) is 19.4. The van der Waals surface area contributed by atoms with Gasteiger partial charge in [0.15, 0.2) is 0 Å². The highest BCUT2D eigenvalue weighted by molar-refractivity contribution is 5.91. The minimum atomic E-state index is -1.08. The van der Waals surface area contributed by atoms with E-state index in [1.807, 2.05) is 55.4 Å². The van der Waals surface area contributed by atoms with Crippen molar-refractivity contribution in [1.29, 1.82) is 0 Å². The zero-order valence-corrected chi connectivity index (χ0v) is 27.1. The Morgan fingerprint density at radius 3 is 1.70 bits per heavy atom. The highest BCUT2D eigenvalue weighted by Crippen LogP contribution is 2.17. The van der Waals surface area contributed by atoms with Crippen LogP contribution in [-0.2, 0) is 19.1 Å². The van der Waals surface area contributed by atoms with Gasteiger partial charge >= 0.3 is 6.09 Å². The van der Waals surface area contributed by atoms with E-state index in [9.17, 15) is 24.3 Å². The van der Waals surface area contributed by atoms with Gasteiger partial charge < -0.3 is 30.7 Å². The average Bonchev–Trinajstić information content (AvgIpc) is 2.82. The molecule has 0 radical (unpaired) electrons. The van der Waals surface area contributed by atoms with Gasteiger partial charge in [0.1, 0.15) is 17.7 Å². The molecule has 0 rings (SSSR count). The standard InChI is InChI=1S/C30H58N4O6/c1-13-20(7)25(32-28(38)26(21(8)14-2)33-29(39)40-30(9,10)11)27(37)31-22(15-18(3)4)23(35)16-24(36)34(12)17-19(5)6/h18-23,25-26,35H,13-17H2,1-12H3,(H,31,37)(H,32,38)(H,33,39)/t20-,21-,22-,23-,25-,26-/m0/s1. The normalized spacial score (nSPS) is 16.4. The number of aliphatic hydroxyl groups is 1. The fourth-order valence-corrected chi connectivity index (χ4v) is 4.30. The van der Waals surface area contributed by atoms with E-state index >= 15 is 0 Å². The van der Waals surface area contributed by atoms with Crippen molar-refractivity contribution in [2.45, 2.75) is 132 Å². The minimum absolute atomic E-state index is 0.114. The molecule has 10 nitrogen and oxygen atoms in total. The largest absolute Gasteiger partial charge is 0.444 e. The Balaban J connectivity index is 5.81. The van der Waals surface area contributed by atoms with Crippen molar-refractivity contribution in [2.24, 2.45) is 23.7 Å². The van der Waals surface area contributed by atoms with Gasteiger partial charge in [0, 0.05) is 13.6 Å². The molecule has 0 heterocycles. The molecular formula is C30H58N4O6. The van der Waals surface area contributed by atoms with Gasteiger partial charge in [0.25, 0.3) is 0 Å². The van der Waals surface area contributed by atoms with Gasteiger partial charge in [-0.3, -0.25) is 14.4 Å². The Morgan fingerprint density at radius 2 is 1.27 bits per heavy atom. The number of aliphatic hydroxyl groups excluding tert-OH is 1. The highest BCUT2D eigenvalue weighted by Gasteiger charge is 2.35. The average molecular weight is 571 g/mol. The van der Waals surface area contributed by atoms with Crippen LogP contribution in [0.4, 0.5) is 4.79 Å². The number of hydrogen-bond donors (Lipinski definition) is 4. The molecule has 4 amide bonds. The third-order valence-electron chi connectivity index (χ3n) is 6.93. The van der Waals surface area contributed by atoms with Crippen LogP contribution >= 0.6 is 0 Å². The number of ether oxygens (including phenoxy) is 1. The number of rotatable bonds is 16. The maximum absolute atomic E-state index is 13.6. The van der Waals surface area contributed by atoms with Crippen LogP contribution in [0.1, 0.15) is 102 Å². The molecule has 0 unspecified atom stereocenters. The van der Waals surface area contributed by atoms with E-state index < -0.39 is 47.7 Å². The molecule has 0 saturated heterocycles. The van der Waals surface area contributed by atoms with E-state index in [-0.39, 0.29) is 30.1 Å². The summed E-state index contributed by atoms with van der Waals surface area (Å²) < 4.78 is 5.35. The van der Waals surface area contributed by atoms with Gasteiger partial charge in [-0.2, -0.15) is 0 Å². The summed E-state index contributed by atoms with van der Waals surface area (Å²) in [6.45, 7) is 21.3. The monoisotopic (exact) mass is 570 g/mol. The minimum Gasteiger partial charge on any atom is -0.444 e. The van der Waals surface area contributed by atoms with Gasteiger partial charge in [-0.1, -0.05) is 68.2 Å². The van der Waals surface area contributed by atoms with E-state index in [0.29, 0.717) is 31.7 Å². The molecule has 0 aromatic rings. The Kier molecular flexibility index (Phi) is 16.4. The Morgan fingerprint density at radius 1 is 0.800 bits per heavy atom. The molecule has 6 atom stereocenters. The lowest BCUT2D eigenvalue weighted by Gasteiger charge is -2.32. The van der Waals surface area contributed by atoms with E-state index in [2.05, 4.69) is 16.0 Å². The molecule has 0 aliphatic rings. The highest BCUT2D eigenvalue weighted by atomic mass is 16.6. The first-order valence-corrected chi connectivity index (χ1v) is 14.8. The Labute approximate surface area is 242 Å². The summed E-state index contributed by atoms with van der Waals surface area (Å²) in [7, 11) is 1.71. The van der Waals surface area contributed by atoms with Gasteiger partial charge in [0.05, 0.1) is 18.6 Å². The van der Waals surface area contributed by atoms with Crippen LogP contribution < -0.4 is 16.0 Å². The van der Waals surface area contributed by atoms with Crippen LogP contribution in [0.3, 0.4) is 0 Å². The van der Waals surface area contributed by atoms with Crippen molar-refractivity contribution in [3.63, 3.8) is 0 Å². The van der Waals surface area contributed by atoms with Gasteiger partial charge in [-0.15, -0.1) is 0 Å². The molecule has 0 aromatic heterocycles. The summed E-state index contributed by atoms with van der Waals surface area (Å²) in [5.41, 5.74) is -0.725. The summed E-state index contributed by atoms with van der Waals surface area (Å²) in [6.07, 6.45) is -0.201. The third kappa shape index (κ3) is 14.3. The quantitative estimate of drug-likeness (QED) is 0.222. The van der Waals surface area contributed by atoms with Gasteiger partial charge in [-0.05, 0) is 50.9 Å². The molecule has 0 saturated carbocycles. The molecule has 10 heteroatoms. The first kappa shape index (κ1) is 37.6. The summed E-state index contributed by atoms with van der Waals surface area (Å²) in [6, 6.07) is -2.46. The number of amides is 4. The second kappa shape index (κ2) is 17.5. The molecule has 0 spiro atoms. The second-order valence-corrected chi connectivity index (χ2v) is 13.1. The lowest BCUT2D eigenvalue weighted by Crippen LogP contribution is -2.59. The van der Waals surface area contributed by atoms with E-state index in [1.165, 1.54) is 0 Å². The van der Waals surface area contributed by atoms with E-state index in [4.69, 9.17) is 4.74 Å². The molecule has 4 N–H and O–H groups in total. The molecule has 0 aromatic carbocycles. The Bertz CT molecular complexity index is 811. The lowest BCUT2D eigenvalue weighted by atomic mass is 9.93. The maximum atomic E-state index is 13.6. The van der Waals surface area contributed by atoms with E-state index in [0.717, 1.165) is 0 Å². The zero-order chi connectivity index (χ0) is 31.4. The van der Waals surface area contributed by atoms with Gasteiger partial charge in [0.2, 0.25) is 17.7 Å². The Hall–Kier alpha value is -2.36. The van der Waals surface area contributed by atoms with Crippen molar-refractivity contribution in [3.05, 3.63) is 0 Å². The zero-order valence-electron chi connectivity index (χ0n) is 27.1. The smallest absolute Gasteiger partial charge is 0.408 e. The number of hydrogen-bond acceptors (Lipinski definition) is 6. The topological polar surface area (TPSA) is 137 Å². The van der Waals surface area contributed by atoms with Crippen molar-refractivity contribution in [3.8, 4) is 0 Å². The van der Waals surface area contributed by atoms with E-state index in [1.54, 1.807) is 32.7 Å². The summed E-state index contributed by atoms with van der Waals surface area (Å²) >= 11 is 0. The van der Waals surface area contributed by atoms with Crippen molar-refractivity contribution >= 4 is 23.8 Å². The number of carbonyl (C=O) groups excluding carboxylic acids is 4. The van der Waals surface area contributed by atoms with Crippen LogP contribution in [0.5, 0.6) is 0 Å². The fourth-order valence-electron chi connectivity index (χ4n) is 4.30. The SMILES string of the molecule is CC[C@H](C)[C@H](NC(=O)OC(C)(C)C)C(=O)N[C@H](C(=O)N[C@@H](CC(C)C)[C@@H](O)CC(=O)N(C)CC(C)C)[C@@H](C)CC. The molecule has 0 bridgehead atoms. The maximum Gasteiger partial charge on any atom is 0.408 e.